The highest BCUT2D eigenvalue weighted by atomic mass is 14.9. The van der Waals surface area contributed by atoms with Crippen LogP contribution < -0.4 is 4.57 Å². The first-order valence-electron chi connectivity index (χ1n) is 8.97. The lowest BCUT2D eigenvalue weighted by Crippen LogP contribution is -2.32. The molecule has 2 aromatic heterocycles. The lowest BCUT2D eigenvalue weighted by molar-refractivity contribution is -0.633. The second-order valence-corrected chi connectivity index (χ2v) is 7.02. The first-order valence-corrected chi connectivity index (χ1v) is 8.97. The molecule has 0 spiro atoms. The molecular weight excluding hydrogens is 316 g/mol. The van der Waals surface area contributed by atoms with E-state index >= 15 is 0 Å². The first kappa shape index (κ1) is 16.5. The Hall–Kier alpha value is -3.00. The van der Waals surface area contributed by atoms with Crippen molar-refractivity contribution in [3.63, 3.8) is 0 Å². The average molecular weight is 339 g/mol. The molecule has 0 unspecified atom stereocenters. The van der Waals surface area contributed by atoms with Crippen LogP contribution in [-0.2, 0) is 7.05 Å². The van der Waals surface area contributed by atoms with Crippen LogP contribution in [0.15, 0.2) is 66.9 Å². The van der Waals surface area contributed by atoms with Crippen LogP contribution in [0.4, 0.5) is 0 Å². The number of hydrogen-bond donors (Lipinski definition) is 0. The molecule has 0 fully saturated rings. The van der Waals surface area contributed by atoms with E-state index in [1.807, 2.05) is 18.3 Å². The maximum absolute atomic E-state index is 4.49. The van der Waals surface area contributed by atoms with Crippen LogP contribution >= 0.6 is 0 Å². The molecule has 4 aromatic rings. The average Bonchev–Trinajstić information content (AvgIpc) is 2.66. The summed E-state index contributed by atoms with van der Waals surface area (Å²) in [6.45, 7) is 6.56. The van der Waals surface area contributed by atoms with E-state index in [0.717, 1.165) is 11.3 Å². The van der Waals surface area contributed by atoms with E-state index < -0.39 is 0 Å². The third-order valence-electron chi connectivity index (χ3n) is 5.22. The Kier molecular flexibility index (Phi) is 4.04. The topological polar surface area (TPSA) is 16.8 Å². The predicted octanol–water partition coefficient (Wildman–Crippen LogP) is 5.32. The summed E-state index contributed by atoms with van der Waals surface area (Å²) in [6, 6.07) is 21.6. The summed E-state index contributed by atoms with van der Waals surface area (Å²) < 4.78 is 2.29. The lowest BCUT2D eigenvalue weighted by Gasteiger charge is -2.11. The highest BCUT2D eigenvalue weighted by molar-refractivity contribution is 5.82. The van der Waals surface area contributed by atoms with Gasteiger partial charge in [-0.3, -0.25) is 4.98 Å². The van der Waals surface area contributed by atoms with Gasteiger partial charge in [0.15, 0.2) is 0 Å². The molecule has 0 saturated carbocycles. The van der Waals surface area contributed by atoms with Gasteiger partial charge in [0, 0.05) is 34.8 Å². The third-order valence-corrected chi connectivity index (χ3v) is 5.22. The van der Waals surface area contributed by atoms with E-state index in [4.69, 9.17) is 0 Å². The fourth-order valence-electron chi connectivity index (χ4n) is 3.65. The molecule has 0 radical (unpaired) electrons. The van der Waals surface area contributed by atoms with E-state index in [9.17, 15) is 0 Å². The number of hydrogen-bond acceptors (Lipinski definition) is 1. The summed E-state index contributed by atoms with van der Waals surface area (Å²) in [6.07, 6.45) is 1.84. The summed E-state index contributed by atoms with van der Waals surface area (Å²) in [5.74, 6) is 0. The molecule has 2 nitrogen and oxygen atoms in total. The molecule has 0 aliphatic carbocycles. The summed E-state index contributed by atoms with van der Waals surface area (Å²) in [7, 11) is 2.15. The molecule has 0 atom stereocenters. The van der Waals surface area contributed by atoms with Crippen LogP contribution in [0.25, 0.3) is 33.4 Å². The minimum atomic E-state index is 1.00. The minimum Gasteiger partial charge on any atom is -0.256 e. The standard InChI is InChI=1S/C24H23N2/c1-16-13-17(2)18(3)21(14-16)23-11-10-19-8-9-20(15-24(19)26(23)4)22-7-5-6-12-25-22/h5-15H,1-4H3/q+1. The molecule has 0 amide bonds. The molecule has 0 N–H and O–H groups in total. The molecule has 0 aliphatic rings. The molecule has 2 heterocycles. The minimum absolute atomic E-state index is 1.00. The Morgan fingerprint density at radius 1 is 0.846 bits per heavy atom. The highest BCUT2D eigenvalue weighted by Gasteiger charge is 2.17. The Morgan fingerprint density at radius 3 is 2.42 bits per heavy atom. The van der Waals surface area contributed by atoms with Gasteiger partial charge in [-0.05, 0) is 62.2 Å². The van der Waals surface area contributed by atoms with Gasteiger partial charge in [-0.25, -0.2) is 0 Å². The van der Waals surface area contributed by atoms with Crippen molar-refractivity contribution in [3.8, 4) is 22.5 Å². The van der Waals surface area contributed by atoms with Crippen molar-refractivity contribution in [2.75, 3.05) is 0 Å². The van der Waals surface area contributed by atoms with Gasteiger partial charge < -0.3 is 0 Å². The first-order chi connectivity index (χ1) is 12.5. The fraction of sp³-hybridized carbons (Fsp3) is 0.167. The summed E-state index contributed by atoms with van der Waals surface area (Å²) >= 11 is 0. The third kappa shape index (κ3) is 2.78. The van der Waals surface area contributed by atoms with Crippen LogP contribution in [0.2, 0.25) is 0 Å². The van der Waals surface area contributed by atoms with Crippen molar-refractivity contribution in [2.24, 2.45) is 7.05 Å². The van der Waals surface area contributed by atoms with Gasteiger partial charge in [0.25, 0.3) is 0 Å². The van der Waals surface area contributed by atoms with Gasteiger partial charge in [-0.15, -0.1) is 0 Å². The van der Waals surface area contributed by atoms with Gasteiger partial charge in [-0.2, -0.15) is 4.57 Å². The van der Waals surface area contributed by atoms with Crippen LogP contribution in [0.1, 0.15) is 16.7 Å². The van der Waals surface area contributed by atoms with E-state index in [2.05, 4.69) is 85.9 Å². The molecule has 4 rings (SSSR count). The number of aromatic nitrogens is 2. The number of pyridine rings is 2. The predicted molar refractivity (Wildman–Crippen MR) is 108 cm³/mol. The maximum Gasteiger partial charge on any atom is 0.213 e. The molecule has 0 saturated heterocycles. The van der Waals surface area contributed by atoms with Gasteiger partial charge in [0.05, 0.1) is 5.69 Å². The van der Waals surface area contributed by atoms with Crippen molar-refractivity contribution in [1.29, 1.82) is 0 Å². The quantitative estimate of drug-likeness (QED) is 0.452. The molecule has 2 aromatic carbocycles. The highest BCUT2D eigenvalue weighted by Crippen LogP contribution is 2.27. The largest absolute Gasteiger partial charge is 0.256 e. The van der Waals surface area contributed by atoms with Crippen LogP contribution in [0.5, 0.6) is 0 Å². The zero-order chi connectivity index (χ0) is 18.3. The van der Waals surface area contributed by atoms with Crippen molar-refractivity contribution in [2.45, 2.75) is 20.8 Å². The van der Waals surface area contributed by atoms with E-state index in [1.165, 1.54) is 38.9 Å². The van der Waals surface area contributed by atoms with Crippen molar-refractivity contribution >= 4 is 10.9 Å². The summed E-state index contributed by atoms with van der Waals surface area (Å²) in [4.78, 5) is 4.49. The van der Waals surface area contributed by atoms with Crippen molar-refractivity contribution in [1.82, 2.24) is 4.98 Å². The molecule has 128 valence electrons. The number of nitrogens with zero attached hydrogens (tertiary/aromatic N) is 2. The Balaban J connectivity index is 1.95. The van der Waals surface area contributed by atoms with Gasteiger partial charge in [0.1, 0.15) is 7.05 Å². The molecule has 0 aliphatic heterocycles. The van der Waals surface area contributed by atoms with Crippen LogP contribution in [-0.4, -0.2) is 4.98 Å². The Labute approximate surface area is 154 Å². The lowest BCUT2D eigenvalue weighted by atomic mass is 9.96. The molecule has 2 heteroatoms. The fourth-order valence-corrected chi connectivity index (χ4v) is 3.65. The number of rotatable bonds is 2. The number of benzene rings is 2. The summed E-state index contributed by atoms with van der Waals surface area (Å²) in [5, 5.41) is 1.23. The van der Waals surface area contributed by atoms with Crippen molar-refractivity contribution in [3.05, 3.63) is 83.6 Å². The van der Waals surface area contributed by atoms with Gasteiger partial charge in [-0.1, -0.05) is 23.8 Å². The molecule has 26 heavy (non-hydrogen) atoms. The zero-order valence-electron chi connectivity index (χ0n) is 15.7. The smallest absolute Gasteiger partial charge is 0.213 e. The summed E-state index contributed by atoms with van der Waals surface area (Å²) in [5.41, 5.74) is 9.86. The number of fused-ring (bicyclic) bond motifs is 1. The van der Waals surface area contributed by atoms with Crippen LogP contribution in [0.3, 0.4) is 0 Å². The second-order valence-electron chi connectivity index (χ2n) is 7.02. The monoisotopic (exact) mass is 339 g/mol. The van der Waals surface area contributed by atoms with E-state index in [0.29, 0.717) is 0 Å². The Bertz CT molecular complexity index is 1110. The SMILES string of the molecule is Cc1cc(C)c(C)c(-c2ccc3ccc(-c4ccccn4)cc3[n+]2C)c1. The molecule has 0 bridgehead atoms. The molecular formula is C24H23N2+. The van der Waals surface area contributed by atoms with E-state index in [1.54, 1.807) is 0 Å². The Morgan fingerprint density at radius 2 is 1.65 bits per heavy atom. The number of aryl methyl sites for hydroxylation is 3. The van der Waals surface area contributed by atoms with E-state index in [-0.39, 0.29) is 0 Å². The zero-order valence-corrected chi connectivity index (χ0v) is 15.7. The van der Waals surface area contributed by atoms with Gasteiger partial charge in [0.2, 0.25) is 11.2 Å². The van der Waals surface area contributed by atoms with Crippen molar-refractivity contribution < 1.29 is 4.57 Å². The normalized spacial score (nSPS) is 11.1. The van der Waals surface area contributed by atoms with Gasteiger partial charge >= 0.3 is 0 Å². The van der Waals surface area contributed by atoms with Crippen LogP contribution in [0, 0.1) is 20.8 Å². The maximum atomic E-state index is 4.49. The second kappa shape index (κ2) is 6.38.